The Morgan fingerprint density at radius 1 is 1.08 bits per heavy atom. The molecule has 0 saturated heterocycles. The quantitative estimate of drug-likeness (QED) is 0.750. The zero-order chi connectivity index (χ0) is 8.93. The number of hydrogen-bond donors (Lipinski definition) is 1. The van der Waals surface area contributed by atoms with Crippen molar-refractivity contribution in [2.75, 3.05) is 0 Å². The van der Waals surface area contributed by atoms with Crippen molar-refractivity contribution >= 4 is 12.2 Å². The van der Waals surface area contributed by atoms with Gasteiger partial charge in [0.05, 0.1) is 0 Å². The third-order valence-corrected chi connectivity index (χ3v) is 1.67. The third kappa shape index (κ3) is 2.02. The van der Waals surface area contributed by atoms with Gasteiger partial charge in [-0.05, 0) is 11.6 Å². The molecule has 13 heavy (non-hydrogen) atoms. The Morgan fingerprint density at radius 2 is 1.85 bits per heavy atom. The number of hydrogen-bond acceptors (Lipinski definition) is 2. The summed E-state index contributed by atoms with van der Waals surface area (Å²) in [6, 6.07) is 2.00. The molecular formula is C10H9N3. The molecule has 2 rings (SSSR count). The summed E-state index contributed by atoms with van der Waals surface area (Å²) in [5.74, 6) is 0. The smallest absolute Gasteiger partial charge is 0.115 e. The van der Waals surface area contributed by atoms with Crippen LogP contribution in [0, 0.1) is 0 Å². The molecule has 0 amide bonds. The largest absolute Gasteiger partial charge is 0.367 e. The van der Waals surface area contributed by atoms with Crippen LogP contribution >= 0.6 is 0 Å². The maximum Gasteiger partial charge on any atom is 0.115 e. The molecule has 0 aliphatic carbocycles. The summed E-state index contributed by atoms with van der Waals surface area (Å²) >= 11 is 0. The van der Waals surface area contributed by atoms with Gasteiger partial charge in [-0.3, -0.25) is 0 Å². The fourth-order valence-electron chi connectivity index (χ4n) is 1.03. The van der Waals surface area contributed by atoms with Crippen molar-refractivity contribution in [3.8, 4) is 0 Å². The summed E-state index contributed by atoms with van der Waals surface area (Å²) in [4.78, 5) is 10.8. The topological polar surface area (TPSA) is 41.6 Å². The van der Waals surface area contributed by atoms with Crippen LogP contribution in [0.2, 0.25) is 0 Å². The second kappa shape index (κ2) is 3.67. The lowest BCUT2D eigenvalue weighted by Gasteiger charge is -1.88. The minimum atomic E-state index is 1.00. The Bertz CT molecular complexity index is 376. The Labute approximate surface area is 76.2 Å². The van der Waals surface area contributed by atoms with Crippen molar-refractivity contribution in [2.45, 2.75) is 0 Å². The Kier molecular flexibility index (Phi) is 2.18. The molecule has 0 unspecified atom stereocenters. The van der Waals surface area contributed by atoms with Crippen LogP contribution in [-0.4, -0.2) is 15.0 Å². The summed E-state index contributed by atoms with van der Waals surface area (Å²) in [5, 5.41) is 0. The predicted octanol–water partition coefficient (Wildman–Crippen LogP) is 1.98. The number of nitrogens with zero attached hydrogens (tertiary/aromatic N) is 2. The van der Waals surface area contributed by atoms with Crippen LogP contribution < -0.4 is 0 Å². The van der Waals surface area contributed by atoms with Crippen LogP contribution in [-0.2, 0) is 0 Å². The van der Waals surface area contributed by atoms with Crippen LogP contribution in [0.3, 0.4) is 0 Å². The van der Waals surface area contributed by atoms with Gasteiger partial charge in [-0.25, -0.2) is 9.97 Å². The van der Waals surface area contributed by atoms with E-state index in [9.17, 15) is 0 Å². The molecule has 2 heterocycles. The van der Waals surface area contributed by atoms with E-state index in [2.05, 4.69) is 15.0 Å². The molecule has 0 radical (unpaired) electrons. The van der Waals surface area contributed by atoms with Gasteiger partial charge in [-0.1, -0.05) is 12.2 Å². The first kappa shape index (κ1) is 7.73. The van der Waals surface area contributed by atoms with E-state index in [-0.39, 0.29) is 0 Å². The molecular weight excluding hydrogens is 162 g/mol. The van der Waals surface area contributed by atoms with Crippen LogP contribution in [0.5, 0.6) is 0 Å². The molecule has 0 atom stereocenters. The lowest BCUT2D eigenvalue weighted by molar-refractivity contribution is 1.16. The lowest BCUT2D eigenvalue weighted by Crippen LogP contribution is -1.77. The maximum atomic E-state index is 3.91. The van der Waals surface area contributed by atoms with E-state index in [1.165, 1.54) is 6.33 Å². The lowest BCUT2D eigenvalue weighted by atomic mass is 10.2. The monoisotopic (exact) mass is 171 g/mol. The summed E-state index contributed by atoms with van der Waals surface area (Å²) in [6.07, 6.45) is 12.9. The molecule has 0 aromatic carbocycles. The van der Waals surface area contributed by atoms with Gasteiger partial charge in [0.15, 0.2) is 0 Å². The van der Waals surface area contributed by atoms with Gasteiger partial charge < -0.3 is 4.98 Å². The second-order valence-corrected chi connectivity index (χ2v) is 2.65. The highest BCUT2D eigenvalue weighted by Gasteiger charge is 1.86. The number of rotatable bonds is 2. The van der Waals surface area contributed by atoms with E-state index in [0.717, 1.165) is 11.1 Å². The third-order valence-electron chi connectivity index (χ3n) is 1.67. The van der Waals surface area contributed by atoms with E-state index in [4.69, 9.17) is 0 Å². The maximum absolute atomic E-state index is 3.91. The van der Waals surface area contributed by atoms with Gasteiger partial charge in [-0.2, -0.15) is 0 Å². The van der Waals surface area contributed by atoms with Crippen LogP contribution in [0.25, 0.3) is 12.2 Å². The summed E-state index contributed by atoms with van der Waals surface area (Å²) in [6.45, 7) is 0. The molecule has 2 aromatic rings. The fraction of sp³-hybridized carbons (Fsp3) is 0. The number of nitrogens with one attached hydrogen (secondary N) is 1. The summed E-state index contributed by atoms with van der Waals surface area (Å²) < 4.78 is 0. The predicted molar refractivity (Wildman–Crippen MR) is 51.8 cm³/mol. The Hall–Kier alpha value is -1.90. The van der Waals surface area contributed by atoms with Gasteiger partial charge in [0.25, 0.3) is 0 Å². The molecule has 0 saturated carbocycles. The van der Waals surface area contributed by atoms with Gasteiger partial charge in [0.2, 0.25) is 0 Å². The zero-order valence-electron chi connectivity index (χ0n) is 7.01. The zero-order valence-corrected chi connectivity index (χ0v) is 7.01. The van der Waals surface area contributed by atoms with Crippen LogP contribution in [0.1, 0.15) is 11.1 Å². The van der Waals surface area contributed by atoms with Gasteiger partial charge in [0.1, 0.15) is 6.33 Å². The first-order chi connectivity index (χ1) is 6.45. The highest BCUT2D eigenvalue weighted by molar-refractivity contribution is 5.68. The first-order valence-corrected chi connectivity index (χ1v) is 4.01. The minimum absolute atomic E-state index is 1.00. The summed E-state index contributed by atoms with van der Waals surface area (Å²) in [7, 11) is 0. The Balaban J connectivity index is 2.15. The number of aromatic amines is 1. The van der Waals surface area contributed by atoms with Crippen molar-refractivity contribution in [3.63, 3.8) is 0 Å². The summed E-state index contributed by atoms with van der Waals surface area (Å²) in [5.41, 5.74) is 2.15. The van der Waals surface area contributed by atoms with E-state index >= 15 is 0 Å². The average Bonchev–Trinajstić information content (AvgIpc) is 2.69. The van der Waals surface area contributed by atoms with E-state index in [0.29, 0.717) is 0 Å². The van der Waals surface area contributed by atoms with E-state index in [1.807, 2.05) is 30.6 Å². The van der Waals surface area contributed by atoms with E-state index in [1.54, 1.807) is 12.4 Å². The molecule has 0 bridgehead atoms. The first-order valence-electron chi connectivity index (χ1n) is 4.01. The highest BCUT2D eigenvalue weighted by atomic mass is 14.8. The molecule has 64 valence electrons. The van der Waals surface area contributed by atoms with Crippen molar-refractivity contribution < 1.29 is 0 Å². The molecule has 0 aliphatic rings. The standard InChI is InChI=1S/C10H9N3/c1(9-3-4-11-5-9)2-10-6-12-8-13-7-10/h1-8,11H. The van der Waals surface area contributed by atoms with Gasteiger partial charge in [-0.15, -0.1) is 0 Å². The molecule has 2 aromatic heterocycles. The van der Waals surface area contributed by atoms with Crippen molar-refractivity contribution in [1.29, 1.82) is 0 Å². The average molecular weight is 171 g/mol. The molecule has 3 nitrogen and oxygen atoms in total. The number of aromatic nitrogens is 3. The van der Waals surface area contributed by atoms with Crippen molar-refractivity contribution in [2.24, 2.45) is 0 Å². The van der Waals surface area contributed by atoms with Gasteiger partial charge in [0, 0.05) is 30.4 Å². The molecule has 3 heteroatoms. The highest BCUT2D eigenvalue weighted by Crippen LogP contribution is 2.04. The van der Waals surface area contributed by atoms with Gasteiger partial charge >= 0.3 is 0 Å². The molecule has 0 spiro atoms. The van der Waals surface area contributed by atoms with E-state index < -0.39 is 0 Å². The number of H-pyrrole nitrogens is 1. The van der Waals surface area contributed by atoms with Crippen LogP contribution in [0.15, 0.2) is 37.2 Å². The molecule has 0 fully saturated rings. The van der Waals surface area contributed by atoms with Crippen LogP contribution in [0.4, 0.5) is 0 Å². The molecule has 0 aliphatic heterocycles. The van der Waals surface area contributed by atoms with Crippen molar-refractivity contribution in [1.82, 2.24) is 15.0 Å². The molecule has 1 N–H and O–H groups in total. The normalized spacial score (nSPS) is 10.8. The fourth-order valence-corrected chi connectivity index (χ4v) is 1.03. The van der Waals surface area contributed by atoms with Crippen molar-refractivity contribution in [3.05, 3.63) is 48.3 Å². The second-order valence-electron chi connectivity index (χ2n) is 2.65. The SMILES string of the molecule is C(=Cc1cc[nH]c1)c1cncnc1. The Morgan fingerprint density at radius 3 is 2.54 bits per heavy atom. The minimum Gasteiger partial charge on any atom is -0.367 e.